The van der Waals surface area contributed by atoms with Gasteiger partial charge in [0.15, 0.2) is 0 Å². The Hall–Kier alpha value is -0.0800. The SMILES string of the molecule is C[C@@H]1[C@H](O)CC[C@]2(C)CC[C@H](C(C)(C)O)C[C@@H]12. The Morgan fingerprint density at radius 1 is 1.18 bits per heavy atom. The molecule has 2 nitrogen and oxygen atoms in total. The van der Waals surface area contributed by atoms with E-state index in [0.29, 0.717) is 23.2 Å². The maximum atomic E-state index is 10.2. The average molecular weight is 240 g/mol. The predicted molar refractivity (Wildman–Crippen MR) is 69.6 cm³/mol. The molecule has 0 saturated heterocycles. The maximum absolute atomic E-state index is 10.2. The Kier molecular flexibility index (Phi) is 3.33. The lowest BCUT2D eigenvalue weighted by Crippen LogP contribution is -2.49. The van der Waals surface area contributed by atoms with Gasteiger partial charge in [-0.25, -0.2) is 0 Å². The van der Waals surface area contributed by atoms with Crippen LogP contribution in [0.2, 0.25) is 0 Å². The van der Waals surface area contributed by atoms with E-state index >= 15 is 0 Å². The first-order valence-corrected chi connectivity index (χ1v) is 7.14. The molecule has 0 amide bonds. The highest BCUT2D eigenvalue weighted by atomic mass is 16.3. The summed E-state index contributed by atoms with van der Waals surface area (Å²) in [5, 5.41) is 20.3. The molecule has 0 radical (unpaired) electrons. The molecule has 2 rings (SSSR count). The maximum Gasteiger partial charge on any atom is 0.0619 e. The van der Waals surface area contributed by atoms with Crippen molar-refractivity contribution in [3.05, 3.63) is 0 Å². The van der Waals surface area contributed by atoms with Crippen molar-refractivity contribution >= 4 is 0 Å². The second-order valence-electron chi connectivity index (χ2n) is 7.35. The summed E-state index contributed by atoms with van der Waals surface area (Å²) in [6.07, 6.45) is 5.41. The average Bonchev–Trinajstić information content (AvgIpc) is 2.22. The van der Waals surface area contributed by atoms with Gasteiger partial charge in [-0.15, -0.1) is 0 Å². The van der Waals surface area contributed by atoms with E-state index in [1.165, 1.54) is 6.42 Å². The van der Waals surface area contributed by atoms with Crippen molar-refractivity contribution in [2.75, 3.05) is 0 Å². The molecule has 2 aliphatic carbocycles. The van der Waals surface area contributed by atoms with Crippen LogP contribution in [0.15, 0.2) is 0 Å². The van der Waals surface area contributed by atoms with Crippen molar-refractivity contribution in [3.63, 3.8) is 0 Å². The van der Waals surface area contributed by atoms with E-state index in [1.54, 1.807) is 0 Å². The largest absolute Gasteiger partial charge is 0.393 e. The highest BCUT2D eigenvalue weighted by Gasteiger charge is 2.49. The van der Waals surface area contributed by atoms with Crippen LogP contribution < -0.4 is 0 Å². The highest BCUT2D eigenvalue weighted by Crippen LogP contribution is 2.55. The van der Waals surface area contributed by atoms with Gasteiger partial charge in [0.05, 0.1) is 11.7 Å². The fraction of sp³-hybridized carbons (Fsp3) is 1.00. The molecule has 0 spiro atoms. The molecule has 0 aromatic heterocycles. The summed E-state index contributed by atoms with van der Waals surface area (Å²) >= 11 is 0. The fourth-order valence-electron chi connectivity index (χ4n) is 4.21. The third kappa shape index (κ3) is 2.39. The molecule has 0 heterocycles. The smallest absolute Gasteiger partial charge is 0.0619 e. The second-order valence-corrected chi connectivity index (χ2v) is 7.35. The zero-order valence-corrected chi connectivity index (χ0v) is 11.7. The van der Waals surface area contributed by atoms with Gasteiger partial charge in [0, 0.05) is 0 Å². The fourth-order valence-corrected chi connectivity index (χ4v) is 4.21. The number of aliphatic hydroxyl groups is 2. The summed E-state index contributed by atoms with van der Waals surface area (Å²) < 4.78 is 0. The van der Waals surface area contributed by atoms with E-state index in [2.05, 4.69) is 13.8 Å². The van der Waals surface area contributed by atoms with Crippen molar-refractivity contribution in [2.24, 2.45) is 23.2 Å². The van der Waals surface area contributed by atoms with Crippen LogP contribution in [-0.2, 0) is 0 Å². The zero-order valence-electron chi connectivity index (χ0n) is 11.7. The number of fused-ring (bicyclic) bond motifs is 1. The number of hydrogen-bond acceptors (Lipinski definition) is 2. The summed E-state index contributed by atoms with van der Waals surface area (Å²) in [6.45, 7) is 8.45. The Bertz CT molecular complexity index is 281. The molecule has 0 aliphatic heterocycles. The summed E-state index contributed by atoms with van der Waals surface area (Å²) in [5.41, 5.74) is -0.163. The lowest BCUT2D eigenvalue weighted by molar-refractivity contribution is -0.101. The van der Waals surface area contributed by atoms with E-state index in [9.17, 15) is 10.2 Å². The molecule has 0 unspecified atom stereocenters. The van der Waals surface area contributed by atoms with Gasteiger partial charge < -0.3 is 10.2 Å². The molecule has 2 saturated carbocycles. The summed E-state index contributed by atoms with van der Waals surface area (Å²) in [5.74, 6) is 1.36. The molecule has 100 valence electrons. The first-order chi connectivity index (χ1) is 7.74. The van der Waals surface area contributed by atoms with Crippen LogP contribution in [-0.4, -0.2) is 21.9 Å². The number of hydrogen-bond donors (Lipinski definition) is 2. The molecular formula is C15H28O2. The van der Waals surface area contributed by atoms with Gasteiger partial charge in [-0.1, -0.05) is 13.8 Å². The van der Waals surface area contributed by atoms with Gasteiger partial charge in [-0.2, -0.15) is 0 Å². The molecule has 0 bridgehead atoms. The molecular weight excluding hydrogens is 212 g/mol. The zero-order chi connectivity index (χ0) is 12.8. The normalized spacial score (nSPS) is 47.6. The van der Waals surface area contributed by atoms with Crippen LogP contribution in [0.1, 0.15) is 59.8 Å². The lowest BCUT2D eigenvalue weighted by atomic mass is 9.53. The molecule has 2 fully saturated rings. The summed E-state index contributed by atoms with van der Waals surface area (Å²) in [6, 6.07) is 0. The minimum absolute atomic E-state index is 0.131. The second kappa shape index (κ2) is 4.24. The first kappa shape index (κ1) is 13.4. The van der Waals surface area contributed by atoms with Gasteiger partial charge >= 0.3 is 0 Å². The van der Waals surface area contributed by atoms with Crippen LogP contribution in [0, 0.1) is 23.2 Å². The van der Waals surface area contributed by atoms with Crippen LogP contribution in [0.3, 0.4) is 0 Å². The number of aliphatic hydroxyl groups excluding tert-OH is 1. The Morgan fingerprint density at radius 3 is 2.35 bits per heavy atom. The van der Waals surface area contributed by atoms with Crippen LogP contribution in [0.5, 0.6) is 0 Å². The standard InChI is InChI=1S/C15H28O2/c1-10-12-9-11(14(2,3)17)5-7-15(12,4)8-6-13(10)16/h10-13,16-17H,5-9H2,1-4H3/t10-,11-,12-,13+,15-/m0/s1. The van der Waals surface area contributed by atoms with Gasteiger partial charge in [0.1, 0.15) is 0 Å². The Morgan fingerprint density at radius 2 is 1.76 bits per heavy atom. The number of rotatable bonds is 1. The van der Waals surface area contributed by atoms with E-state index in [4.69, 9.17) is 0 Å². The predicted octanol–water partition coefficient (Wildman–Crippen LogP) is 2.97. The molecule has 17 heavy (non-hydrogen) atoms. The van der Waals surface area contributed by atoms with Crippen molar-refractivity contribution < 1.29 is 10.2 Å². The molecule has 2 heteroatoms. The summed E-state index contributed by atoms with van der Waals surface area (Å²) in [4.78, 5) is 0. The molecule has 0 aromatic rings. The van der Waals surface area contributed by atoms with Crippen LogP contribution >= 0.6 is 0 Å². The minimum atomic E-state index is -0.566. The highest BCUT2D eigenvalue weighted by molar-refractivity contribution is 4.99. The lowest BCUT2D eigenvalue weighted by Gasteiger charge is -2.53. The molecule has 2 aliphatic rings. The van der Waals surface area contributed by atoms with E-state index in [-0.39, 0.29) is 6.10 Å². The van der Waals surface area contributed by atoms with Gasteiger partial charge in [-0.05, 0) is 69.1 Å². The molecule has 5 atom stereocenters. The van der Waals surface area contributed by atoms with Crippen LogP contribution in [0.4, 0.5) is 0 Å². The quantitative estimate of drug-likeness (QED) is 0.740. The van der Waals surface area contributed by atoms with Crippen molar-refractivity contribution in [3.8, 4) is 0 Å². The summed E-state index contributed by atoms with van der Waals surface area (Å²) in [7, 11) is 0. The van der Waals surface area contributed by atoms with Crippen molar-refractivity contribution in [2.45, 2.75) is 71.5 Å². The first-order valence-electron chi connectivity index (χ1n) is 7.14. The van der Waals surface area contributed by atoms with Crippen LogP contribution in [0.25, 0.3) is 0 Å². The third-order valence-corrected chi connectivity index (χ3v) is 5.75. The van der Waals surface area contributed by atoms with Crippen molar-refractivity contribution in [1.82, 2.24) is 0 Å². The van der Waals surface area contributed by atoms with Gasteiger partial charge in [0.25, 0.3) is 0 Å². The topological polar surface area (TPSA) is 40.5 Å². The molecule has 2 N–H and O–H groups in total. The minimum Gasteiger partial charge on any atom is -0.393 e. The van der Waals surface area contributed by atoms with Gasteiger partial charge in [0.2, 0.25) is 0 Å². The van der Waals surface area contributed by atoms with E-state index < -0.39 is 5.60 Å². The van der Waals surface area contributed by atoms with Crippen molar-refractivity contribution in [1.29, 1.82) is 0 Å². The third-order valence-electron chi connectivity index (χ3n) is 5.75. The van der Waals surface area contributed by atoms with E-state index in [1.807, 2.05) is 13.8 Å². The monoisotopic (exact) mass is 240 g/mol. The van der Waals surface area contributed by atoms with Gasteiger partial charge in [-0.3, -0.25) is 0 Å². The van der Waals surface area contributed by atoms with E-state index in [0.717, 1.165) is 25.7 Å². The Balaban J connectivity index is 2.15. The molecule has 0 aromatic carbocycles. The Labute approximate surface area is 105 Å².